The van der Waals surface area contributed by atoms with E-state index >= 15 is 0 Å². The molecule has 9 heteroatoms. The van der Waals surface area contributed by atoms with Gasteiger partial charge in [0.15, 0.2) is 0 Å². The fourth-order valence-electron chi connectivity index (χ4n) is 2.63. The Kier molecular flexibility index (Phi) is 4.41. The van der Waals surface area contributed by atoms with E-state index in [0.29, 0.717) is 37.4 Å². The molecule has 0 bridgehead atoms. The SMILES string of the molecule is Cc1nn(C)c(N2CCC(OCC(=O)O)CC2)c1[N+](=O)[O-]. The minimum atomic E-state index is -0.990. The lowest BCUT2D eigenvalue weighted by Gasteiger charge is -2.32. The first-order valence-electron chi connectivity index (χ1n) is 6.66. The molecule has 1 aromatic heterocycles. The summed E-state index contributed by atoms with van der Waals surface area (Å²) in [5.74, 6) is -0.496. The third-order valence-electron chi connectivity index (χ3n) is 3.53. The number of rotatable bonds is 5. The molecule has 0 radical (unpaired) electrons. The van der Waals surface area contributed by atoms with Crippen LogP contribution < -0.4 is 4.90 Å². The maximum atomic E-state index is 11.2. The lowest BCUT2D eigenvalue weighted by Crippen LogP contribution is -2.38. The van der Waals surface area contributed by atoms with Crippen LogP contribution in [0.3, 0.4) is 0 Å². The first-order chi connectivity index (χ1) is 9.90. The molecule has 2 rings (SSSR count). The van der Waals surface area contributed by atoms with Crippen molar-refractivity contribution in [2.45, 2.75) is 25.9 Å². The fraction of sp³-hybridized carbons (Fsp3) is 0.667. The Bertz CT molecular complexity index is 548. The second-order valence-electron chi connectivity index (χ2n) is 5.03. The third kappa shape index (κ3) is 3.30. The summed E-state index contributed by atoms with van der Waals surface area (Å²) in [5, 5.41) is 23.9. The van der Waals surface area contributed by atoms with Gasteiger partial charge < -0.3 is 14.7 Å². The number of aliphatic carboxylic acids is 1. The normalized spacial score (nSPS) is 16.2. The van der Waals surface area contributed by atoms with Gasteiger partial charge in [0.2, 0.25) is 5.82 Å². The van der Waals surface area contributed by atoms with E-state index in [1.807, 2.05) is 4.90 Å². The van der Waals surface area contributed by atoms with Gasteiger partial charge in [-0.25, -0.2) is 9.48 Å². The van der Waals surface area contributed by atoms with Crippen LogP contribution in [-0.4, -0.2) is 51.6 Å². The minimum Gasteiger partial charge on any atom is -0.480 e. The molecule has 0 aliphatic carbocycles. The number of nitro groups is 1. The third-order valence-corrected chi connectivity index (χ3v) is 3.53. The van der Waals surface area contributed by atoms with Crippen LogP contribution in [0.25, 0.3) is 0 Å². The molecule has 1 saturated heterocycles. The zero-order chi connectivity index (χ0) is 15.6. The van der Waals surface area contributed by atoms with E-state index in [-0.39, 0.29) is 18.4 Å². The van der Waals surface area contributed by atoms with E-state index in [1.165, 1.54) is 4.68 Å². The molecular formula is C12H18N4O5. The highest BCUT2D eigenvalue weighted by Crippen LogP contribution is 2.32. The van der Waals surface area contributed by atoms with E-state index < -0.39 is 10.9 Å². The molecule has 116 valence electrons. The molecule has 21 heavy (non-hydrogen) atoms. The first kappa shape index (κ1) is 15.2. The molecule has 1 fully saturated rings. The maximum absolute atomic E-state index is 11.2. The van der Waals surface area contributed by atoms with Crippen molar-refractivity contribution in [3.05, 3.63) is 15.8 Å². The van der Waals surface area contributed by atoms with Crippen LogP contribution in [0.2, 0.25) is 0 Å². The summed E-state index contributed by atoms with van der Waals surface area (Å²) >= 11 is 0. The number of carbonyl (C=O) groups is 1. The van der Waals surface area contributed by atoms with Gasteiger partial charge in [0.25, 0.3) is 0 Å². The number of hydrogen-bond acceptors (Lipinski definition) is 6. The molecule has 0 amide bonds. The molecule has 0 saturated carbocycles. The van der Waals surface area contributed by atoms with Crippen LogP contribution in [0, 0.1) is 17.0 Å². The average molecular weight is 298 g/mol. The summed E-state index contributed by atoms with van der Waals surface area (Å²) in [6, 6.07) is 0. The average Bonchev–Trinajstić information content (AvgIpc) is 2.72. The second-order valence-corrected chi connectivity index (χ2v) is 5.03. The van der Waals surface area contributed by atoms with Gasteiger partial charge in [0.1, 0.15) is 12.3 Å². The highest BCUT2D eigenvalue weighted by molar-refractivity contribution is 5.68. The quantitative estimate of drug-likeness (QED) is 0.629. The van der Waals surface area contributed by atoms with Crippen LogP contribution in [0.1, 0.15) is 18.5 Å². The Balaban J connectivity index is 2.06. The van der Waals surface area contributed by atoms with Crippen molar-refractivity contribution in [3.8, 4) is 0 Å². The van der Waals surface area contributed by atoms with Crippen molar-refractivity contribution in [3.63, 3.8) is 0 Å². The van der Waals surface area contributed by atoms with Crippen LogP contribution in [0.15, 0.2) is 0 Å². The summed E-state index contributed by atoms with van der Waals surface area (Å²) in [7, 11) is 1.68. The number of aromatic nitrogens is 2. The zero-order valence-corrected chi connectivity index (χ0v) is 12.0. The Labute approximate surface area is 121 Å². The van der Waals surface area contributed by atoms with E-state index in [1.54, 1.807) is 14.0 Å². The highest BCUT2D eigenvalue weighted by atomic mass is 16.6. The van der Waals surface area contributed by atoms with Gasteiger partial charge in [-0.05, 0) is 19.8 Å². The van der Waals surface area contributed by atoms with Crippen molar-refractivity contribution in [2.24, 2.45) is 7.05 Å². The number of carboxylic acids is 1. The highest BCUT2D eigenvalue weighted by Gasteiger charge is 2.31. The van der Waals surface area contributed by atoms with Gasteiger partial charge in [0, 0.05) is 20.1 Å². The van der Waals surface area contributed by atoms with Gasteiger partial charge in [-0.2, -0.15) is 5.10 Å². The molecule has 1 aliphatic rings. The Morgan fingerprint density at radius 3 is 2.67 bits per heavy atom. The Morgan fingerprint density at radius 2 is 2.14 bits per heavy atom. The standard InChI is InChI=1S/C12H18N4O5/c1-8-11(16(19)20)12(14(2)13-8)15-5-3-9(4-6-15)21-7-10(17)18/h9H,3-7H2,1-2H3,(H,17,18). The minimum absolute atomic E-state index is 0.0300. The number of hydrogen-bond donors (Lipinski definition) is 1. The van der Waals surface area contributed by atoms with Gasteiger partial charge in [-0.15, -0.1) is 0 Å². The number of nitrogens with zero attached hydrogens (tertiary/aromatic N) is 4. The number of ether oxygens (including phenoxy) is 1. The monoisotopic (exact) mass is 298 g/mol. The molecule has 9 nitrogen and oxygen atoms in total. The molecule has 0 atom stereocenters. The van der Waals surface area contributed by atoms with Crippen molar-refractivity contribution >= 4 is 17.5 Å². The van der Waals surface area contributed by atoms with Gasteiger partial charge >= 0.3 is 11.7 Å². The summed E-state index contributed by atoms with van der Waals surface area (Å²) in [6.07, 6.45) is 1.15. The topological polar surface area (TPSA) is 111 Å². The largest absolute Gasteiger partial charge is 0.480 e. The lowest BCUT2D eigenvalue weighted by molar-refractivity contribution is -0.384. The number of piperidine rings is 1. The predicted molar refractivity (Wildman–Crippen MR) is 73.4 cm³/mol. The van der Waals surface area contributed by atoms with Crippen molar-refractivity contribution in [2.75, 3.05) is 24.6 Å². The summed E-state index contributed by atoms with van der Waals surface area (Å²) in [5.41, 5.74) is 0.421. The molecule has 0 aromatic carbocycles. The van der Waals surface area contributed by atoms with E-state index in [2.05, 4.69) is 5.10 Å². The molecule has 0 spiro atoms. The molecule has 0 unspecified atom stereocenters. The van der Waals surface area contributed by atoms with E-state index in [0.717, 1.165) is 0 Å². The molecular weight excluding hydrogens is 280 g/mol. The molecule has 2 heterocycles. The van der Waals surface area contributed by atoms with Crippen LogP contribution in [-0.2, 0) is 16.6 Å². The van der Waals surface area contributed by atoms with Gasteiger partial charge in [-0.1, -0.05) is 0 Å². The van der Waals surface area contributed by atoms with Crippen molar-refractivity contribution < 1.29 is 19.6 Å². The van der Waals surface area contributed by atoms with Gasteiger partial charge in [-0.3, -0.25) is 10.1 Å². The first-order valence-corrected chi connectivity index (χ1v) is 6.66. The number of aryl methyl sites for hydroxylation is 2. The summed E-state index contributed by atoms with van der Waals surface area (Å²) in [6.45, 7) is 2.45. The molecule has 1 aliphatic heterocycles. The van der Waals surface area contributed by atoms with Crippen LogP contribution in [0.5, 0.6) is 0 Å². The second kappa shape index (κ2) is 6.08. The van der Waals surface area contributed by atoms with Crippen LogP contribution in [0.4, 0.5) is 11.5 Å². The van der Waals surface area contributed by atoms with E-state index in [4.69, 9.17) is 9.84 Å². The Morgan fingerprint density at radius 1 is 1.52 bits per heavy atom. The summed E-state index contributed by atoms with van der Waals surface area (Å²) in [4.78, 5) is 23.1. The van der Waals surface area contributed by atoms with E-state index in [9.17, 15) is 14.9 Å². The molecule has 1 N–H and O–H groups in total. The fourth-order valence-corrected chi connectivity index (χ4v) is 2.63. The Hall–Kier alpha value is -2.16. The smallest absolute Gasteiger partial charge is 0.333 e. The molecule has 1 aromatic rings. The van der Waals surface area contributed by atoms with Gasteiger partial charge in [0.05, 0.1) is 11.0 Å². The lowest BCUT2D eigenvalue weighted by atomic mass is 10.1. The zero-order valence-electron chi connectivity index (χ0n) is 12.0. The van der Waals surface area contributed by atoms with Crippen molar-refractivity contribution in [1.82, 2.24) is 9.78 Å². The summed E-state index contributed by atoms with van der Waals surface area (Å²) < 4.78 is 6.78. The predicted octanol–water partition coefficient (Wildman–Crippen LogP) is 0.707. The maximum Gasteiger partial charge on any atom is 0.333 e. The van der Waals surface area contributed by atoms with Crippen LogP contribution >= 0.6 is 0 Å². The van der Waals surface area contributed by atoms with Crippen molar-refractivity contribution in [1.29, 1.82) is 0 Å². The number of carboxylic acid groups (broad SMARTS) is 1. The number of anilines is 1.